The lowest BCUT2D eigenvalue weighted by Gasteiger charge is -2.02. The Balaban J connectivity index is 0.00000161. The normalized spacial score (nSPS) is 13.7. The Kier molecular flexibility index (Phi) is 5.20. The van der Waals surface area contributed by atoms with Gasteiger partial charge in [-0.2, -0.15) is 0 Å². The Labute approximate surface area is 134 Å². The molecule has 0 bridgehead atoms. The van der Waals surface area contributed by atoms with Crippen LogP contribution in [-0.4, -0.2) is 10.9 Å². The molecule has 1 aromatic heterocycles. The maximum Gasteiger partial charge on any atom is 0.257 e. The fourth-order valence-corrected chi connectivity index (χ4v) is 3.48. The van der Waals surface area contributed by atoms with Gasteiger partial charge < -0.3 is 5.73 Å². The molecular weight excluding hydrogens is 306 g/mol. The minimum atomic E-state index is -0.152. The summed E-state index contributed by atoms with van der Waals surface area (Å²) in [4.78, 5) is 18.0. The van der Waals surface area contributed by atoms with E-state index < -0.39 is 0 Å². The van der Waals surface area contributed by atoms with Crippen molar-refractivity contribution < 1.29 is 4.79 Å². The quantitative estimate of drug-likeness (QED) is 0.654. The molecule has 1 aliphatic rings. The number of benzene rings is 1. The number of carbonyl (C=O) groups is 1. The molecule has 0 fully saturated rings. The predicted octanol–water partition coefficient (Wildman–Crippen LogP) is 3.67. The Morgan fingerprint density at radius 1 is 1.24 bits per heavy atom. The number of hydrogen-bond acceptors (Lipinski definition) is 4. The second-order valence-corrected chi connectivity index (χ2v) is 6.11. The van der Waals surface area contributed by atoms with Crippen molar-refractivity contribution in [1.82, 2.24) is 4.98 Å². The molecule has 0 spiro atoms. The first kappa shape index (κ1) is 15.8. The van der Waals surface area contributed by atoms with Crippen LogP contribution in [0.2, 0.25) is 0 Å². The molecule has 0 saturated carbocycles. The zero-order chi connectivity index (χ0) is 13.9. The lowest BCUT2D eigenvalue weighted by Crippen LogP contribution is -2.12. The van der Waals surface area contributed by atoms with Gasteiger partial charge in [0.25, 0.3) is 5.91 Å². The predicted molar refractivity (Wildman–Crippen MR) is 89.4 cm³/mol. The van der Waals surface area contributed by atoms with Crippen molar-refractivity contribution in [1.29, 1.82) is 0 Å². The highest BCUT2D eigenvalue weighted by Crippen LogP contribution is 2.29. The topological polar surface area (TPSA) is 68.0 Å². The van der Waals surface area contributed by atoms with Gasteiger partial charge in [0.05, 0.1) is 5.69 Å². The van der Waals surface area contributed by atoms with Gasteiger partial charge in [-0.05, 0) is 43.9 Å². The summed E-state index contributed by atoms with van der Waals surface area (Å²) in [5.74, 6) is -0.152. The lowest BCUT2D eigenvalue weighted by atomic mass is 10.2. The molecule has 1 heterocycles. The average molecular weight is 324 g/mol. The number of aromatic nitrogens is 1. The summed E-state index contributed by atoms with van der Waals surface area (Å²) < 4.78 is 0. The molecule has 6 heteroatoms. The molecule has 112 valence electrons. The summed E-state index contributed by atoms with van der Waals surface area (Å²) in [5.41, 5.74) is 8.01. The van der Waals surface area contributed by atoms with E-state index in [1.165, 1.54) is 24.1 Å². The maximum atomic E-state index is 12.1. The summed E-state index contributed by atoms with van der Waals surface area (Å²) in [6.45, 7) is 0. The van der Waals surface area contributed by atoms with E-state index in [0.29, 0.717) is 16.4 Å². The molecule has 0 saturated heterocycles. The zero-order valence-corrected chi connectivity index (χ0v) is 13.2. The minimum Gasteiger partial charge on any atom is -0.399 e. The summed E-state index contributed by atoms with van der Waals surface area (Å²) in [6, 6.07) is 6.97. The average Bonchev–Trinajstić information content (AvgIpc) is 2.68. The number of nitrogens with zero attached hydrogens (tertiary/aromatic N) is 1. The fraction of sp³-hybridized carbons (Fsp3) is 0.333. The van der Waals surface area contributed by atoms with Gasteiger partial charge in [0, 0.05) is 16.1 Å². The van der Waals surface area contributed by atoms with Crippen LogP contribution in [0.1, 0.15) is 40.2 Å². The molecule has 2 aromatic rings. The van der Waals surface area contributed by atoms with Gasteiger partial charge in [-0.25, -0.2) is 4.98 Å². The van der Waals surface area contributed by atoms with E-state index in [1.807, 2.05) is 0 Å². The third-order valence-corrected chi connectivity index (χ3v) is 4.54. The molecule has 3 N–H and O–H groups in total. The van der Waals surface area contributed by atoms with Crippen LogP contribution in [0.3, 0.4) is 0 Å². The monoisotopic (exact) mass is 323 g/mol. The number of fused-ring (bicyclic) bond motifs is 1. The Hall–Kier alpha value is -1.59. The lowest BCUT2D eigenvalue weighted by molar-refractivity contribution is 0.102. The van der Waals surface area contributed by atoms with Gasteiger partial charge in [0.15, 0.2) is 5.13 Å². The molecule has 4 nitrogen and oxygen atoms in total. The first-order chi connectivity index (χ1) is 9.72. The third-order valence-electron chi connectivity index (χ3n) is 3.46. The summed E-state index contributed by atoms with van der Waals surface area (Å²) in [6.07, 6.45) is 5.80. The number of rotatable bonds is 2. The van der Waals surface area contributed by atoms with Crippen LogP contribution < -0.4 is 11.1 Å². The number of nitrogen functional groups attached to an aromatic ring is 1. The molecule has 21 heavy (non-hydrogen) atoms. The standard InChI is InChI=1S/C15H17N3OS.ClH/c16-11-6-4-5-10(9-11)14(19)18-15-17-12-7-2-1-3-8-13(12)20-15;/h4-6,9H,1-3,7-8,16H2,(H,17,18,19);1H. The molecule has 0 radical (unpaired) electrons. The van der Waals surface area contributed by atoms with Gasteiger partial charge in [-0.1, -0.05) is 12.5 Å². The van der Waals surface area contributed by atoms with Gasteiger partial charge in [-0.15, -0.1) is 23.7 Å². The largest absolute Gasteiger partial charge is 0.399 e. The van der Waals surface area contributed by atoms with Crippen molar-refractivity contribution in [2.45, 2.75) is 32.1 Å². The van der Waals surface area contributed by atoms with Crippen molar-refractivity contribution >= 4 is 40.5 Å². The minimum absolute atomic E-state index is 0. The molecule has 3 rings (SSSR count). The number of aryl methyl sites for hydroxylation is 2. The first-order valence-corrected chi connectivity index (χ1v) is 7.69. The van der Waals surface area contributed by atoms with E-state index >= 15 is 0 Å². The third kappa shape index (κ3) is 3.74. The van der Waals surface area contributed by atoms with Crippen molar-refractivity contribution in [3.05, 3.63) is 40.4 Å². The van der Waals surface area contributed by atoms with E-state index in [4.69, 9.17) is 5.73 Å². The van der Waals surface area contributed by atoms with E-state index in [-0.39, 0.29) is 18.3 Å². The molecule has 0 aliphatic heterocycles. The van der Waals surface area contributed by atoms with Crippen molar-refractivity contribution in [2.75, 3.05) is 11.1 Å². The number of amides is 1. The number of carbonyl (C=O) groups excluding carboxylic acids is 1. The van der Waals surface area contributed by atoms with Crippen LogP contribution >= 0.6 is 23.7 Å². The van der Waals surface area contributed by atoms with Gasteiger partial charge in [-0.3, -0.25) is 10.1 Å². The van der Waals surface area contributed by atoms with Crippen LogP contribution in [0.5, 0.6) is 0 Å². The second-order valence-electron chi connectivity index (χ2n) is 5.03. The number of thiazole rings is 1. The molecule has 1 aliphatic carbocycles. The second kappa shape index (κ2) is 6.91. The highest BCUT2D eigenvalue weighted by molar-refractivity contribution is 7.15. The van der Waals surface area contributed by atoms with Crippen molar-refractivity contribution in [3.63, 3.8) is 0 Å². The Morgan fingerprint density at radius 3 is 2.86 bits per heavy atom. The highest BCUT2D eigenvalue weighted by atomic mass is 35.5. The van der Waals surface area contributed by atoms with E-state index in [0.717, 1.165) is 18.5 Å². The van der Waals surface area contributed by atoms with E-state index in [2.05, 4.69) is 10.3 Å². The van der Waals surface area contributed by atoms with Crippen LogP contribution in [0.4, 0.5) is 10.8 Å². The SMILES string of the molecule is Cl.Nc1cccc(C(=O)Nc2nc3c(s2)CCCCC3)c1. The molecule has 1 amide bonds. The molecule has 0 unspecified atom stereocenters. The number of anilines is 2. The van der Waals surface area contributed by atoms with Gasteiger partial charge in [0.1, 0.15) is 0 Å². The molecule has 1 aromatic carbocycles. The number of nitrogens with one attached hydrogen (secondary N) is 1. The number of halogens is 1. The van der Waals surface area contributed by atoms with Gasteiger partial charge >= 0.3 is 0 Å². The number of hydrogen-bond donors (Lipinski definition) is 2. The Bertz CT molecular complexity index is 618. The maximum absolute atomic E-state index is 12.1. The van der Waals surface area contributed by atoms with E-state index in [1.54, 1.807) is 35.6 Å². The molecular formula is C15H18ClN3OS. The van der Waals surface area contributed by atoms with Crippen molar-refractivity contribution in [3.8, 4) is 0 Å². The van der Waals surface area contributed by atoms with Crippen LogP contribution in [0.15, 0.2) is 24.3 Å². The summed E-state index contributed by atoms with van der Waals surface area (Å²) >= 11 is 1.60. The fourth-order valence-electron chi connectivity index (χ4n) is 2.43. The van der Waals surface area contributed by atoms with Crippen molar-refractivity contribution in [2.24, 2.45) is 0 Å². The first-order valence-electron chi connectivity index (χ1n) is 6.88. The zero-order valence-electron chi connectivity index (χ0n) is 11.6. The smallest absolute Gasteiger partial charge is 0.257 e. The van der Waals surface area contributed by atoms with Crippen LogP contribution in [0, 0.1) is 0 Å². The molecule has 0 atom stereocenters. The number of nitrogens with two attached hydrogens (primary N) is 1. The highest BCUT2D eigenvalue weighted by Gasteiger charge is 2.16. The Morgan fingerprint density at radius 2 is 2.05 bits per heavy atom. The van der Waals surface area contributed by atoms with Crippen LogP contribution in [0.25, 0.3) is 0 Å². The van der Waals surface area contributed by atoms with E-state index in [9.17, 15) is 4.79 Å². The summed E-state index contributed by atoms with van der Waals surface area (Å²) in [5, 5.41) is 3.57. The van der Waals surface area contributed by atoms with Gasteiger partial charge in [0.2, 0.25) is 0 Å². The van der Waals surface area contributed by atoms with Crippen LogP contribution in [-0.2, 0) is 12.8 Å². The summed E-state index contributed by atoms with van der Waals surface area (Å²) in [7, 11) is 0.